The topological polar surface area (TPSA) is 37.0 Å². The summed E-state index contributed by atoms with van der Waals surface area (Å²) in [6.07, 6.45) is 2.99. The minimum absolute atomic E-state index is 0.400. The summed E-state index contributed by atoms with van der Waals surface area (Å²) in [7, 11) is 0. The molecule has 0 bridgehead atoms. The quantitative estimate of drug-likeness (QED) is 0.531. The van der Waals surface area contributed by atoms with Crippen molar-refractivity contribution < 1.29 is 9.90 Å². The smallest absolute Gasteiger partial charge is 0.242 e. The number of hydrogen-bond acceptors (Lipinski definition) is 1. The van der Waals surface area contributed by atoms with E-state index in [0.717, 1.165) is 6.42 Å². The van der Waals surface area contributed by atoms with Crippen molar-refractivity contribution in [1.29, 1.82) is 0 Å². The Kier molecular flexibility index (Phi) is 3.76. The maximum atomic E-state index is 10.1. The third-order valence-electron chi connectivity index (χ3n) is 1.09. The Labute approximate surface area is 55.2 Å². The highest BCUT2D eigenvalue weighted by atomic mass is 16.4. The lowest BCUT2D eigenvalue weighted by molar-refractivity contribution is -0.138. The average molecular weight is 127 g/mol. The van der Waals surface area contributed by atoms with E-state index in [1.807, 2.05) is 6.92 Å². The van der Waals surface area contributed by atoms with E-state index in [1.54, 1.807) is 13.0 Å². The van der Waals surface area contributed by atoms with E-state index in [9.17, 15) is 9.90 Å². The van der Waals surface area contributed by atoms with E-state index < -0.39 is 5.97 Å². The molecule has 0 aromatic heterocycles. The fourth-order valence-electron chi connectivity index (χ4n) is 0.618. The van der Waals surface area contributed by atoms with Gasteiger partial charge in [-0.3, -0.25) is 0 Å². The monoisotopic (exact) mass is 127 g/mol. The molecule has 0 saturated heterocycles. The molecule has 0 unspecified atom stereocenters. The molecule has 0 heterocycles. The largest absolute Gasteiger partial charge is 0.382 e. The summed E-state index contributed by atoms with van der Waals surface area (Å²) < 4.78 is 0. The molecule has 0 aromatic rings. The van der Waals surface area contributed by atoms with Crippen molar-refractivity contribution in [1.82, 2.24) is 0 Å². The van der Waals surface area contributed by atoms with Crippen molar-refractivity contribution in [3.8, 4) is 0 Å². The Morgan fingerprint density at radius 3 is 2.11 bits per heavy atom. The molecule has 2 heteroatoms. The first kappa shape index (κ1) is 8.21. The first-order valence-corrected chi connectivity index (χ1v) is 3.12. The molecule has 51 valence electrons. The lowest BCUT2D eigenvalue weighted by Crippen LogP contribution is -1.96. The first-order valence-electron chi connectivity index (χ1n) is 3.12. The van der Waals surface area contributed by atoms with Crippen LogP contribution in [0.1, 0.15) is 26.7 Å². The molecule has 0 aliphatic rings. The van der Waals surface area contributed by atoms with E-state index in [-0.39, 0.29) is 0 Å². The van der Waals surface area contributed by atoms with Gasteiger partial charge < -0.3 is 0 Å². The molecule has 0 fully saturated rings. The van der Waals surface area contributed by atoms with Gasteiger partial charge in [0.15, 0.2) is 0 Å². The molecule has 0 saturated carbocycles. The molecule has 0 atom stereocenters. The number of hydrogen-bond donors (Lipinski definition) is 0. The second kappa shape index (κ2) is 4.13. The van der Waals surface area contributed by atoms with E-state index in [1.165, 1.54) is 0 Å². The molecular weight excluding hydrogens is 116 g/mol. The van der Waals surface area contributed by atoms with Crippen molar-refractivity contribution >= 4 is 5.97 Å². The van der Waals surface area contributed by atoms with Gasteiger partial charge >= 0.3 is 5.97 Å². The van der Waals surface area contributed by atoms with Gasteiger partial charge in [-0.05, 0) is 12.8 Å². The van der Waals surface area contributed by atoms with Gasteiger partial charge in [0.2, 0.25) is 0 Å². The van der Waals surface area contributed by atoms with Gasteiger partial charge in [0.25, 0.3) is 0 Å². The minimum atomic E-state index is -1.04. The van der Waals surface area contributed by atoms with Crippen LogP contribution in [0, 0.1) is 0 Å². The molecule has 2 nitrogen and oxygen atoms in total. The highest BCUT2D eigenvalue weighted by molar-refractivity contribution is 5.85. The van der Waals surface area contributed by atoms with E-state index in [2.05, 4.69) is 0 Å². The molecular formula is C7H11O2. The SMILES string of the molecule is CC/C=C(\CC)C([O])=O. The molecule has 0 spiro atoms. The van der Waals surface area contributed by atoms with Crippen molar-refractivity contribution in [2.75, 3.05) is 0 Å². The molecule has 1 radical (unpaired) electrons. The molecule has 0 aliphatic heterocycles. The van der Waals surface area contributed by atoms with Crippen LogP contribution in [0.2, 0.25) is 0 Å². The van der Waals surface area contributed by atoms with Gasteiger partial charge in [0.1, 0.15) is 0 Å². The van der Waals surface area contributed by atoms with E-state index in [0.29, 0.717) is 12.0 Å². The Hall–Kier alpha value is -0.790. The van der Waals surface area contributed by atoms with Gasteiger partial charge in [-0.15, -0.1) is 0 Å². The fourth-order valence-corrected chi connectivity index (χ4v) is 0.618. The van der Waals surface area contributed by atoms with Gasteiger partial charge in [-0.25, -0.2) is 9.90 Å². The Morgan fingerprint density at radius 2 is 2.00 bits per heavy atom. The van der Waals surface area contributed by atoms with Crippen LogP contribution < -0.4 is 0 Å². The van der Waals surface area contributed by atoms with Gasteiger partial charge in [0, 0.05) is 5.57 Å². The maximum absolute atomic E-state index is 10.1. The summed E-state index contributed by atoms with van der Waals surface area (Å²) in [4.78, 5) is 10.1. The predicted octanol–water partition coefficient (Wildman–Crippen LogP) is 1.69. The zero-order chi connectivity index (χ0) is 7.28. The van der Waals surface area contributed by atoms with Crippen LogP contribution in [0.15, 0.2) is 11.6 Å². The summed E-state index contributed by atoms with van der Waals surface area (Å²) in [5.41, 5.74) is 0.400. The maximum Gasteiger partial charge on any atom is 0.382 e. The van der Waals surface area contributed by atoms with Crippen molar-refractivity contribution in [2.24, 2.45) is 0 Å². The first-order chi connectivity index (χ1) is 4.22. The lowest BCUT2D eigenvalue weighted by atomic mass is 10.2. The fraction of sp³-hybridized carbons (Fsp3) is 0.571. The highest BCUT2D eigenvalue weighted by Crippen LogP contribution is 2.01. The third kappa shape index (κ3) is 2.90. The molecule has 0 N–H and O–H groups in total. The normalized spacial score (nSPS) is 11.6. The average Bonchev–Trinajstić information content (AvgIpc) is 1.82. The van der Waals surface area contributed by atoms with Gasteiger partial charge in [-0.1, -0.05) is 19.9 Å². The van der Waals surface area contributed by atoms with Crippen LogP contribution in [0.3, 0.4) is 0 Å². The van der Waals surface area contributed by atoms with Crippen molar-refractivity contribution in [3.05, 3.63) is 11.6 Å². The summed E-state index contributed by atoms with van der Waals surface area (Å²) >= 11 is 0. The van der Waals surface area contributed by atoms with Crippen LogP contribution in [0.4, 0.5) is 0 Å². The van der Waals surface area contributed by atoms with Crippen molar-refractivity contribution in [3.63, 3.8) is 0 Å². The van der Waals surface area contributed by atoms with Crippen LogP contribution >= 0.6 is 0 Å². The predicted molar refractivity (Wildman–Crippen MR) is 34.4 cm³/mol. The molecule has 9 heavy (non-hydrogen) atoms. The summed E-state index contributed by atoms with van der Waals surface area (Å²) in [6, 6.07) is 0. The van der Waals surface area contributed by atoms with E-state index in [4.69, 9.17) is 0 Å². The molecule has 0 aromatic carbocycles. The number of allylic oxidation sites excluding steroid dienone is 1. The number of carbonyl (C=O) groups is 1. The van der Waals surface area contributed by atoms with Crippen LogP contribution in [-0.2, 0) is 9.90 Å². The summed E-state index contributed by atoms with van der Waals surface area (Å²) in [5, 5.41) is 10.1. The van der Waals surface area contributed by atoms with Crippen LogP contribution in [0.25, 0.3) is 0 Å². The second-order valence-electron chi connectivity index (χ2n) is 1.78. The van der Waals surface area contributed by atoms with Crippen LogP contribution in [0.5, 0.6) is 0 Å². The van der Waals surface area contributed by atoms with Crippen LogP contribution in [-0.4, -0.2) is 5.97 Å². The lowest BCUT2D eigenvalue weighted by Gasteiger charge is -1.90. The zero-order valence-electron chi connectivity index (χ0n) is 5.81. The Balaban J connectivity index is 3.98. The summed E-state index contributed by atoms with van der Waals surface area (Å²) in [6.45, 7) is 3.70. The minimum Gasteiger partial charge on any atom is -0.242 e. The number of carbonyl (C=O) groups excluding carboxylic acids is 1. The van der Waals surface area contributed by atoms with Crippen molar-refractivity contribution in [2.45, 2.75) is 26.7 Å². The zero-order valence-corrected chi connectivity index (χ0v) is 5.81. The molecule has 0 rings (SSSR count). The molecule has 0 amide bonds. The summed E-state index contributed by atoms with van der Waals surface area (Å²) in [5.74, 6) is -1.04. The second-order valence-corrected chi connectivity index (χ2v) is 1.78. The number of rotatable bonds is 3. The Bertz CT molecular complexity index is 125. The van der Waals surface area contributed by atoms with Gasteiger partial charge in [-0.2, -0.15) is 0 Å². The third-order valence-corrected chi connectivity index (χ3v) is 1.09. The highest BCUT2D eigenvalue weighted by Gasteiger charge is 2.03. The Morgan fingerprint density at radius 1 is 1.44 bits per heavy atom. The van der Waals surface area contributed by atoms with Gasteiger partial charge in [0.05, 0.1) is 0 Å². The van der Waals surface area contributed by atoms with E-state index >= 15 is 0 Å². The standard InChI is InChI=1S/C7H11O2/c1-3-5-6(4-2)7(8)9/h5H,3-4H2,1-2H3/b6-5+. The molecule has 0 aliphatic carbocycles.